The standard InChI is InChI=1S/C33H31BO4/c1-31(2)35-25-30(36-31)23-24-34-37-32(26-15-7-3-8-16-26,27-17-9-4-10-18-27)33(38-34,28-19-11-5-12-20-28)29-21-13-6-14-22-29/h3-24,30H,25H2,1-2H3/b24-23+. The largest absolute Gasteiger partial charge is 0.487 e. The average molecular weight is 502 g/mol. The molecule has 0 aromatic heterocycles. The fraction of sp³-hybridized carbons (Fsp3) is 0.212. The predicted octanol–water partition coefficient (Wildman–Crippen LogP) is 6.66. The maximum absolute atomic E-state index is 7.15. The molecule has 4 aromatic carbocycles. The van der Waals surface area contributed by atoms with E-state index < -0.39 is 24.1 Å². The molecular weight excluding hydrogens is 471 g/mol. The van der Waals surface area contributed by atoms with Gasteiger partial charge >= 0.3 is 7.12 Å². The number of hydrogen-bond donors (Lipinski definition) is 0. The number of ether oxygens (including phenoxy) is 2. The predicted molar refractivity (Wildman–Crippen MR) is 149 cm³/mol. The molecule has 0 bridgehead atoms. The SMILES string of the molecule is CC1(C)OCC(/C=C/B2OC(c3ccccc3)(c3ccccc3)C(c3ccccc3)(c3ccccc3)O2)O1. The summed E-state index contributed by atoms with van der Waals surface area (Å²) in [5.74, 6) is 1.35. The van der Waals surface area contributed by atoms with E-state index in [4.69, 9.17) is 18.8 Å². The first-order valence-electron chi connectivity index (χ1n) is 13.1. The molecule has 0 radical (unpaired) electrons. The van der Waals surface area contributed by atoms with Crippen LogP contribution in [0.5, 0.6) is 0 Å². The van der Waals surface area contributed by atoms with Gasteiger partial charge in [0.2, 0.25) is 0 Å². The van der Waals surface area contributed by atoms with Crippen molar-refractivity contribution in [3.63, 3.8) is 0 Å². The van der Waals surface area contributed by atoms with Gasteiger partial charge in [0.25, 0.3) is 0 Å². The molecule has 2 heterocycles. The molecule has 1 atom stereocenters. The third kappa shape index (κ3) is 4.22. The summed E-state index contributed by atoms with van der Waals surface area (Å²) in [5, 5.41) is 0. The highest BCUT2D eigenvalue weighted by atomic mass is 16.7. The Bertz CT molecular complexity index is 1200. The number of hydrogen-bond acceptors (Lipinski definition) is 4. The quantitative estimate of drug-likeness (QED) is 0.277. The van der Waals surface area contributed by atoms with Gasteiger partial charge in [-0.2, -0.15) is 0 Å². The Morgan fingerprint density at radius 1 is 0.605 bits per heavy atom. The van der Waals surface area contributed by atoms with Crippen LogP contribution in [0.1, 0.15) is 36.1 Å². The smallest absolute Gasteiger partial charge is 0.390 e. The molecule has 2 aliphatic heterocycles. The van der Waals surface area contributed by atoms with Crippen LogP contribution in [0.25, 0.3) is 0 Å². The maximum atomic E-state index is 7.15. The molecule has 0 N–H and O–H groups in total. The summed E-state index contributed by atoms with van der Waals surface area (Å²) in [7, 11) is -0.650. The van der Waals surface area contributed by atoms with E-state index in [2.05, 4.69) is 97.1 Å². The van der Waals surface area contributed by atoms with E-state index in [-0.39, 0.29) is 6.10 Å². The lowest BCUT2D eigenvalue weighted by Crippen LogP contribution is -2.48. The lowest BCUT2D eigenvalue weighted by Gasteiger charge is -2.46. The lowest BCUT2D eigenvalue weighted by atomic mass is 9.66. The molecule has 2 fully saturated rings. The summed E-state index contributed by atoms with van der Waals surface area (Å²) in [4.78, 5) is 0. The van der Waals surface area contributed by atoms with Crippen LogP contribution in [0, 0.1) is 0 Å². The van der Waals surface area contributed by atoms with Gasteiger partial charge in [-0.3, -0.25) is 0 Å². The fourth-order valence-corrected chi connectivity index (χ4v) is 5.75. The van der Waals surface area contributed by atoms with Gasteiger partial charge in [0, 0.05) is 0 Å². The van der Waals surface area contributed by atoms with Crippen molar-refractivity contribution in [2.45, 2.75) is 36.9 Å². The van der Waals surface area contributed by atoms with Crippen molar-refractivity contribution in [2.24, 2.45) is 0 Å². The molecule has 190 valence electrons. The number of rotatable bonds is 6. The van der Waals surface area contributed by atoms with E-state index in [0.29, 0.717) is 6.61 Å². The summed E-state index contributed by atoms with van der Waals surface area (Å²) in [6.07, 6.45) is 1.81. The van der Waals surface area contributed by atoms with Gasteiger partial charge in [-0.05, 0) is 36.1 Å². The molecule has 2 saturated heterocycles. The van der Waals surface area contributed by atoms with Crippen molar-refractivity contribution in [3.8, 4) is 0 Å². The Balaban J connectivity index is 1.59. The zero-order valence-corrected chi connectivity index (χ0v) is 21.7. The lowest BCUT2D eigenvalue weighted by molar-refractivity contribution is -0.133. The van der Waals surface area contributed by atoms with Crippen molar-refractivity contribution < 1.29 is 18.8 Å². The fourth-order valence-electron chi connectivity index (χ4n) is 5.75. The minimum atomic E-state index is -0.987. The summed E-state index contributed by atoms with van der Waals surface area (Å²) in [5.41, 5.74) is 2.07. The van der Waals surface area contributed by atoms with Gasteiger partial charge in [-0.15, -0.1) is 0 Å². The summed E-state index contributed by atoms with van der Waals surface area (Å²) in [6, 6.07) is 41.5. The Morgan fingerprint density at radius 3 is 1.29 bits per heavy atom. The van der Waals surface area contributed by atoms with E-state index in [9.17, 15) is 0 Å². The van der Waals surface area contributed by atoms with Crippen LogP contribution in [0.15, 0.2) is 133 Å². The van der Waals surface area contributed by atoms with E-state index in [0.717, 1.165) is 22.3 Å². The topological polar surface area (TPSA) is 36.9 Å². The second-order valence-electron chi connectivity index (χ2n) is 10.2. The van der Waals surface area contributed by atoms with Crippen LogP contribution < -0.4 is 0 Å². The van der Waals surface area contributed by atoms with Gasteiger partial charge < -0.3 is 18.8 Å². The first kappa shape index (κ1) is 24.8. The molecule has 1 unspecified atom stereocenters. The maximum Gasteiger partial charge on any atom is 0.487 e. The average Bonchev–Trinajstić information content (AvgIpc) is 3.52. The van der Waals surface area contributed by atoms with Crippen molar-refractivity contribution in [2.75, 3.05) is 6.61 Å². The van der Waals surface area contributed by atoms with Crippen LogP contribution >= 0.6 is 0 Å². The third-order valence-corrected chi connectivity index (χ3v) is 7.32. The molecule has 4 nitrogen and oxygen atoms in total. The van der Waals surface area contributed by atoms with E-state index >= 15 is 0 Å². The van der Waals surface area contributed by atoms with Crippen molar-refractivity contribution in [3.05, 3.63) is 156 Å². The molecule has 4 aromatic rings. The van der Waals surface area contributed by atoms with Crippen LogP contribution in [0.4, 0.5) is 0 Å². The molecule has 38 heavy (non-hydrogen) atoms. The van der Waals surface area contributed by atoms with Gasteiger partial charge in [0.1, 0.15) is 17.3 Å². The summed E-state index contributed by atoms with van der Waals surface area (Å²) in [6.45, 7) is 4.34. The Labute approximate surface area is 225 Å². The van der Waals surface area contributed by atoms with Crippen LogP contribution in [0.2, 0.25) is 0 Å². The normalized spacial score (nSPS) is 21.6. The second-order valence-corrected chi connectivity index (χ2v) is 10.2. The van der Waals surface area contributed by atoms with Crippen molar-refractivity contribution >= 4 is 7.12 Å². The molecule has 0 aliphatic carbocycles. The van der Waals surface area contributed by atoms with Crippen LogP contribution in [-0.2, 0) is 30.0 Å². The monoisotopic (exact) mass is 502 g/mol. The third-order valence-electron chi connectivity index (χ3n) is 7.32. The van der Waals surface area contributed by atoms with Crippen molar-refractivity contribution in [1.82, 2.24) is 0 Å². The highest BCUT2D eigenvalue weighted by Crippen LogP contribution is 2.58. The second kappa shape index (κ2) is 10.0. The summed E-state index contributed by atoms with van der Waals surface area (Å²) < 4.78 is 26.1. The molecule has 0 amide bonds. The molecule has 5 heteroatoms. The van der Waals surface area contributed by atoms with Gasteiger partial charge in [-0.25, -0.2) is 0 Å². The first-order chi connectivity index (χ1) is 18.5. The van der Waals surface area contributed by atoms with Gasteiger partial charge in [-0.1, -0.05) is 133 Å². The van der Waals surface area contributed by atoms with Crippen molar-refractivity contribution in [1.29, 1.82) is 0 Å². The zero-order chi connectivity index (χ0) is 26.1. The first-order valence-corrected chi connectivity index (χ1v) is 13.1. The van der Waals surface area contributed by atoms with E-state index in [1.807, 2.05) is 50.2 Å². The molecule has 0 spiro atoms. The Hall–Kier alpha value is -3.48. The van der Waals surface area contributed by atoms with Gasteiger partial charge in [0.15, 0.2) is 5.79 Å². The van der Waals surface area contributed by atoms with Crippen LogP contribution in [0.3, 0.4) is 0 Å². The van der Waals surface area contributed by atoms with E-state index in [1.165, 1.54) is 0 Å². The minimum Gasteiger partial charge on any atom is -0.390 e. The Morgan fingerprint density at radius 2 is 0.974 bits per heavy atom. The minimum absolute atomic E-state index is 0.177. The highest BCUT2D eigenvalue weighted by molar-refractivity contribution is 6.51. The summed E-state index contributed by atoms with van der Waals surface area (Å²) >= 11 is 0. The molecule has 2 aliphatic rings. The highest BCUT2D eigenvalue weighted by Gasteiger charge is 2.65. The molecule has 0 saturated carbocycles. The van der Waals surface area contributed by atoms with E-state index in [1.54, 1.807) is 0 Å². The zero-order valence-electron chi connectivity index (χ0n) is 21.7. The Kier molecular flexibility index (Phi) is 6.54. The molecule has 6 rings (SSSR count). The number of benzene rings is 4. The molecular formula is C33H31BO4. The van der Waals surface area contributed by atoms with Gasteiger partial charge in [0.05, 0.1) is 6.61 Å². The van der Waals surface area contributed by atoms with Crippen LogP contribution in [-0.4, -0.2) is 25.6 Å².